The topological polar surface area (TPSA) is 71.7 Å². The van der Waals surface area contributed by atoms with Crippen LogP contribution in [-0.4, -0.2) is 32.9 Å². The van der Waals surface area contributed by atoms with Crippen LogP contribution in [0.1, 0.15) is 36.4 Å². The molecular formula is C24H25N5O2. The summed E-state index contributed by atoms with van der Waals surface area (Å²) in [6.07, 6.45) is 8.87. The number of amides is 1. The van der Waals surface area contributed by atoms with Crippen LogP contribution in [0.25, 0.3) is 0 Å². The van der Waals surface area contributed by atoms with E-state index in [2.05, 4.69) is 19.9 Å². The molecule has 3 heterocycles. The number of ether oxygens (including phenoxy) is 1. The van der Waals surface area contributed by atoms with E-state index in [0.717, 1.165) is 48.4 Å². The first-order chi connectivity index (χ1) is 15.3. The summed E-state index contributed by atoms with van der Waals surface area (Å²) in [6.45, 7) is 2.30. The van der Waals surface area contributed by atoms with E-state index in [1.807, 2.05) is 72.2 Å². The summed E-state index contributed by atoms with van der Waals surface area (Å²) in [5.74, 6) is 1.43. The van der Waals surface area contributed by atoms with Crippen molar-refractivity contribution >= 4 is 17.6 Å². The molecule has 2 aliphatic rings. The van der Waals surface area contributed by atoms with Gasteiger partial charge in [0.1, 0.15) is 11.8 Å². The fourth-order valence-electron chi connectivity index (χ4n) is 4.11. The van der Waals surface area contributed by atoms with Crippen LogP contribution in [0, 0.1) is 0 Å². The van der Waals surface area contributed by atoms with E-state index in [-0.39, 0.29) is 11.9 Å². The Bertz CT molecular complexity index is 1080. The number of guanidine groups is 1. The van der Waals surface area contributed by atoms with Gasteiger partial charge in [-0.3, -0.25) is 10.1 Å². The number of hydrogen-bond donors (Lipinski definition) is 1. The molecule has 0 saturated carbocycles. The molecule has 158 valence electrons. The van der Waals surface area contributed by atoms with Crippen molar-refractivity contribution in [3.05, 3.63) is 78.4 Å². The van der Waals surface area contributed by atoms with Crippen molar-refractivity contribution in [3.63, 3.8) is 0 Å². The van der Waals surface area contributed by atoms with E-state index in [4.69, 9.17) is 4.74 Å². The third kappa shape index (κ3) is 4.17. The predicted molar refractivity (Wildman–Crippen MR) is 118 cm³/mol. The number of nitrogens with zero attached hydrogens (tertiary/aromatic N) is 4. The van der Waals surface area contributed by atoms with Gasteiger partial charge in [0, 0.05) is 31.0 Å². The lowest BCUT2D eigenvalue weighted by molar-refractivity contribution is -0.121. The number of aliphatic imine (C=N–C) groups is 1. The molecule has 1 atom stereocenters. The van der Waals surface area contributed by atoms with Crippen molar-refractivity contribution in [2.45, 2.75) is 38.4 Å². The zero-order valence-corrected chi connectivity index (χ0v) is 17.3. The number of aryl methyl sites for hydroxylation is 1. The summed E-state index contributed by atoms with van der Waals surface area (Å²) in [4.78, 5) is 23.4. The second-order valence-corrected chi connectivity index (χ2v) is 7.87. The smallest absolute Gasteiger partial charge is 0.254 e. The Morgan fingerprint density at radius 1 is 1.10 bits per heavy atom. The number of fused-ring (bicyclic) bond motifs is 2. The maximum atomic E-state index is 12.6. The fraction of sp³-hybridized carbons (Fsp3) is 0.292. The van der Waals surface area contributed by atoms with E-state index >= 15 is 0 Å². The van der Waals surface area contributed by atoms with E-state index in [9.17, 15) is 4.79 Å². The van der Waals surface area contributed by atoms with Gasteiger partial charge in [-0.1, -0.05) is 30.3 Å². The van der Waals surface area contributed by atoms with Crippen LogP contribution >= 0.6 is 0 Å². The second kappa shape index (κ2) is 8.63. The molecule has 3 aromatic rings. The van der Waals surface area contributed by atoms with Crippen LogP contribution in [0.3, 0.4) is 0 Å². The first-order valence-electron chi connectivity index (χ1n) is 10.7. The summed E-state index contributed by atoms with van der Waals surface area (Å²) in [5, 5.41) is 2.92. The summed E-state index contributed by atoms with van der Waals surface area (Å²) in [5.41, 5.74) is 2.92. The highest BCUT2D eigenvalue weighted by atomic mass is 16.5. The van der Waals surface area contributed by atoms with E-state index < -0.39 is 0 Å². The zero-order valence-electron chi connectivity index (χ0n) is 17.3. The molecule has 1 N–H and O–H groups in total. The van der Waals surface area contributed by atoms with Gasteiger partial charge in [0.25, 0.3) is 5.91 Å². The van der Waals surface area contributed by atoms with Gasteiger partial charge in [-0.25, -0.2) is 9.98 Å². The number of aromatic nitrogens is 2. The van der Waals surface area contributed by atoms with E-state index in [1.165, 1.54) is 0 Å². The summed E-state index contributed by atoms with van der Waals surface area (Å²) in [6, 6.07) is 15.4. The van der Waals surface area contributed by atoms with Gasteiger partial charge in [-0.05, 0) is 43.0 Å². The molecule has 31 heavy (non-hydrogen) atoms. The lowest BCUT2D eigenvalue weighted by Gasteiger charge is -2.28. The summed E-state index contributed by atoms with van der Waals surface area (Å²) < 4.78 is 8.08. The number of hydrogen-bond acceptors (Lipinski definition) is 5. The van der Waals surface area contributed by atoms with Crippen LogP contribution in [0.5, 0.6) is 5.75 Å². The summed E-state index contributed by atoms with van der Waals surface area (Å²) >= 11 is 0. The molecule has 0 aliphatic carbocycles. The van der Waals surface area contributed by atoms with E-state index in [0.29, 0.717) is 19.1 Å². The highest BCUT2D eigenvalue weighted by molar-refractivity contribution is 6.08. The monoisotopic (exact) mass is 415 g/mol. The molecule has 7 nitrogen and oxygen atoms in total. The molecule has 2 aromatic carbocycles. The Hall–Kier alpha value is -3.61. The highest BCUT2D eigenvalue weighted by Crippen LogP contribution is 2.36. The van der Waals surface area contributed by atoms with Gasteiger partial charge in [-0.15, -0.1) is 0 Å². The molecule has 7 heteroatoms. The lowest BCUT2D eigenvalue weighted by atomic mass is 10.0. The Morgan fingerprint density at radius 2 is 2.00 bits per heavy atom. The van der Waals surface area contributed by atoms with Crippen molar-refractivity contribution < 1.29 is 9.53 Å². The van der Waals surface area contributed by atoms with Crippen molar-refractivity contribution in [1.82, 2.24) is 19.8 Å². The van der Waals surface area contributed by atoms with Gasteiger partial charge >= 0.3 is 0 Å². The quantitative estimate of drug-likeness (QED) is 0.568. The maximum absolute atomic E-state index is 12.6. The molecule has 5 rings (SSSR count). The normalized spacial score (nSPS) is 17.0. The van der Waals surface area contributed by atoms with Gasteiger partial charge in [0.15, 0.2) is 0 Å². The Labute approximate surface area is 181 Å². The van der Waals surface area contributed by atoms with Gasteiger partial charge < -0.3 is 14.2 Å². The molecule has 0 bridgehead atoms. The van der Waals surface area contributed by atoms with Crippen molar-refractivity contribution in [2.24, 2.45) is 4.99 Å². The number of unbranched alkanes of at least 4 members (excludes halogenated alkanes) is 2. The van der Waals surface area contributed by atoms with Crippen LogP contribution in [0.15, 0.2) is 72.2 Å². The van der Waals surface area contributed by atoms with Crippen LogP contribution in [0.2, 0.25) is 0 Å². The van der Waals surface area contributed by atoms with Crippen LogP contribution in [0.4, 0.5) is 5.69 Å². The standard InChI is InChI=1S/C24H25N5O2/c30-23-22(18-7-3-1-4-8-18)29-16-19-15-20(9-10-21(19)26-24(29)27-23)31-14-6-2-5-12-28-13-11-25-17-28/h1,3-4,7-11,13,15,17,22H,2,5-6,12,14,16H2,(H,26,27,30). The zero-order chi connectivity index (χ0) is 21.0. The number of carbonyl (C=O) groups excluding carboxylic acids is 1. The molecule has 1 unspecified atom stereocenters. The third-order valence-electron chi connectivity index (χ3n) is 5.69. The van der Waals surface area contributed by atoms with Crippen molar-refractivity contribution in [1.29, 1.82) is 0 Å². The van der Waals surface area contributed by atoms with Gasteiger partial charge in [-0.2, -0.15) is 0 Å². The highest BCUT2D eigenvalue weighted by Gasteiger charge is 2.39. The summed E-state index contributed by atoms with van der Waals surface area (Å²) in [7, 11) is 0. The molecule has 1 fully saturated rings. The van der Waals surface area contributed by atoms with Crippen molar-refractivity contribution in [2.75, 3.05) is 6.61 Å². The Kier molecular flexibility index (Phi) is 5.39. The predicted octanol–water partition coefficient (Wildman–Crippen LogP) is 3.81. The first kappa shape index (κ1) is 19.4. The molecule has 0 radical (unpaired) electrons. The number of nitrogens with one attached hydrogen (secondary N) is 1. The van der Waals surface area contributed by atoms with Crippen LogP contribution in [-0.2, 0) is 17.9 Å². The average Bonchev–Trinajstić information content (AvgIpc) is 3.41. The average molecular weight is 415 g/mol. The molecular weight excluding hydrogens is 390 g/mol. The van der Waals surface area contributed by atoms with E-state index in [1.54, 1.807) is 0 Å². The van der Waals surface area contributed by atoms with Crippen LogP contribution < -0.4 is 10.1 Å². The molecule has 2 aliphatic heterocycles. The van der Waals surface area contributed by atoms with Gasteiger partial charge in [0.2, 0.25) is 5.96 Å². The SMILES string of the molecule is O=C1NC2=Nc3ccc(OCCCCCn4ccnc4)cc3CN2C1c1ccccc1. The van der Waals surface area contributed by atoms with Gasteiger partial charge in [0.05, 0.1) is 18.6 Å². The second-order valence-electron chi connectivity index (χ2n) is 7.87. The largest absolute Gasteiger partial charge is 0.494 e. The number of rotatable bonds is 8. The molecule has 0 spiro atoms. The Balaban J connectivity index is 1.19. The first-order valence-corrected chi connectivity index (χ1v) is 10.7. The Morgan fingerprint density at radius 3 is 2.84 bits per heavy atom. The number of carbonyl (C=O) groups is 1. The van der Waals surface area contributed by atoms with Crippen molar-refractivity contribution in [3.8, 4) is 5.75 Å². The minimum Gasteiger partial charge on any atom is -0.494 e. The fourth-order valence-corrected chi connectivity index (χ4v) is 4.11. The maximum Gasteiger partial charge on any atom is 0.254 e. The lowest BCUT2D eigenvalue weighted by Crippen LogP contribution is -2.33. The number of imidazole rings is 1. The third-order valence-corrected chi connectivity index (χ3v) is 5.69. The molecule has 1 amide bonds. The minimum absolute atomic E-state index is 0.0371. The molecule has 1 aromatic heterocycles. The minimum atomic E-state index is -0.354. The number of benzene rings is 2. The molecule has 1 saturated heterocycles.